The first-order valence-corrected chi connectivity index (χ1v) is 4.45. The second-order valence-electron chi connectivity index (χ2n) is 2.47. The standard InChI is InChI=1S/C8H6N4.C2H6/c9-4-5-1-2-6-7(3-5)12-8(10)11-6;1-2/h1-3H,(H3,10,11,12);1-2H3. The summed E-state index contributed by atoms with van der Waals surface area (Å²) in [5, 5.41) is 8.59. The van der Waals surface area contributed by atoms with Gasteiger partial charge in [0.15, 0.2) is 5.95 Å². The summed E-state index contributed by atoms with van der Waals surface area (Å²) in [6.07, 6.45) is 0. The van der Waals surface area contributed by atoms with E-state index in [0.717, 1.165) is 11.0 Å². The highest BCUT2D eigenvalue weighted by atomic mass is 15.0. The van der Waals surface area contributed by atoms with Crippen molar-refractivity contribution in [1.82, 2.24) is 9.97 Å². The summed E-state index contributed by atoms with van der Waals surface area (Å²) in [5.41, 5.74) is 7.62. The molecule has 0 amide bonds. The van der Waals surface area contributed by atoms with Crippen molar-refractivity contribution in [3.05, 3.63) is 23.8 Å². The lowest BCUT2D eigenvalue weighted by Crippen LogP contribution is -1.84. The van der Waals surface area contributed by atoms with Crippen LogP contribution in [0.4, 0.5) is 5.95 Å². The average molecular weight is 188 g/mol. The van der Waals surface area contributed by atoms with Gasteiger partial charge in [-0.2, -0.15) is 5.26 Å². The monoisotopic (exact) mass is 188 g/mol. The summed E-state index contributed by atoms with van der Waals surface area (Å²) in [5.74, 6) is 0.375. The Kier molecular flexibility index (Phi) is 3.08. The highest BCUT2D eigenvalue weighted by molar-refractivity contribution is 5.78. The zero-order valence-corrected chi connectivity index (χ0v) is 8.20. The SMILES string of the molecule is CC.N#Cc1ccc2nc(N)[nH]c2c1. The second kappa shape index (κ2) is 4.28. The second-order valence-corrected chi connectivity index (χ2v) is 2.47. The molecule has 0 bridgehead atoms. The first kappa shape index (κ1) is 10.1. The van der Waals surface area contributed by atoms with E-state index in [9.17, 15) is 0 Å². The molecule has 0 spiro atoms. The van der Waals surface area contributed by atoms with Crippen LogP contribution in [0.25, 0.3) is 11.0 Å². The molecule has 14 heavy (non-hydrogen) atoms. The van der Waals surface area contributed by atoms with E-state index >= 15 is 0 Å². The van der Waals surface area contributed by atoms with Gasteiger partial charge in [0.25, 0.3) is 0 Å². The average Bonchev–Trinajstić information content (AvgIpc) is 2.59. The van der Waals surface area contributed by atoms with Crippen molar-refractivity contribution in [1.29, 1.82) is 5.26 Å². The van der Waals surface area contributed by atoms with Crippen LogP contribution in [0.5, 0.6) is 0 Å². The van der Waals surface area contributed by atoms with E-state index in [1.54, 1.807) is 18.2 Å². The van der Waals surface area contributed by atoms with E-state index in [1.165, 1.54) is 0 Å². The van der Waals surface area contributed by atoms with E-state index in [4.69, 9.17) is 11.0 Å². The van der Waals surface area contributed by atoms with E-state index in [1.807, 2.05) is 19.9 Å². The highest BCUT2D eigenvalue weighted by Gasteiger charge is 1.99. The Morgan fingerprint density at radius 2 is 2.14 bits per heavy atom. The zero-order valence-electron chi connectivity index (χ0n) is 8.20. The minimum atomic E-state index is 0.375. The topological polar surface area (TPSA) is 78.5 Å². The lowest BCUT2D eigenvalue weighted by atomic mass is 10.2. The van der Waals surface area contributed by atoms with E-state index in [2.05, 4.69) is 9.97 Å². The van der Waals surface area contributed by atoms with Gasteiger partial charge in [-0.15, -0.1) is 0 Å². The highest BCUT2D eigenvalue weighted by Crippen LogP contribution is 2.13. The molecule has 0 saturated heterocycles. The molecular formula is C10H12N4. The zero-order chi connectivity index (χ0) is 10.6. The molecule has 0 aliphatic carbocycles. The maximum absolute atomic E-state index is 8.59. The number of H-pyrrole nitrogens is 1. The number of anilines is 1. The number of aromatic amines is 1. The molecule has 1 aromatic heterocycles. The van der Waals surface area contributed by atoms with E-state index < -0.39 is 0 Å². The van der Waals surface area contributed by atoms with Crippen molar-refractivity contribution in [2.24, 2.45) is 0 Å². The van der Waals surface area contributed by atoms with Crippen LogP contribution in [-0.4, -0.2) is 9.97 Å². The normalized spacial score (nSPS) is 8.93. The number of hydrogen-bond acceptors (Lipinski definition) is 3. The molecule has 0 atom stereocenters. The number of nitriles is 1. The van der Waals surface area contributed by atoms with Gasteiger partial charge in [-0.3, -0.25) is 0 Å². The van der Waals surface area contributed by atoms with Gasteiger partial charge in [0.2, 0.25) is 0 Å². The lowest BCUT2D eigenvalue weighted by molar-refractivity contribution is 1.35. The number of nitrogens with zero attached hydrogens (tertiary/aromatic N) is 2. The Morgan fingerprint density at radius 1 is 1.43 bits per heavy atom. The van der Waals surface area contributed by atoms with Crippen LogP contribution < -0.4 is 5.73 Å². The third-order valence-electron chi connectivity index (χ3n) is 1.63. The molecule has 2 rings (SSSR count). The number of rotatable bonds is 0. The van der Waals surface area contributed by atoms with Crippen LogP contribution in [-0.2, 0) is 0 Å². The van der Waals surface area contributed by atoms with Crippen molar-refractivity contribution in [3.63, 3.8) is 0 Å². The fourth-order valence-corrected chi connectivity index (χ4v) is 1.10. The minimum Gasteiger partial charge on any atom is -0.369 e. The quantitative estimate of drug-likeness (QED) is 0.664. The third-order valence-corrected chi connectivity index (χ3v) is 1.63. The Hall–Kier alpha value is -2.02. The van der Waals surface area contributed by atoms with Crippen molar-refractivity contribution in [2.75, 3.05) is 5.73 Å². The fourth-order valence-electron chi connectivity index (χ4n) is 1.10. The molecule has 4 heteroatoms. The summed E-state index contributed by atoms with van der Waals surface area (Å²) >= 11 is 0. The largest absolute Gasteiger partial charge is 0.369 e. The maximum atomic E-state index is 8.59. The van der Waals surface area contributed by atoms with Crippen LogP contribution in [0, 0.1) is 11.3 Å². The van der Waals surface area contributed by atoms with Gasteiger partial charge in [0.05, 0.1) is 22.7 Å². The van der Waals surface area contributed by atoms with Crippen molar-refractivity contribution in [3.8, 4) is 6.07 Å². The first-order valence-electron chi connectivity index (χ1n) is 4.45. The van der Waals surface area contributed by atoms with Crippen LogP contribution in [0.15, 0.2) is 18.2 Å². The summed E-state index contributed by atoms with van der Waals surface area (Å²) < 4.78 is 0. The van der Waals surface area contributed by atoms with Crippen molar-refractivity contribution >= 4 is 17.0 Å². The number of imidazole rings is 1. The third kappa shape index (κ3) is 1.83. The Labute approximate surface area is 82.4 Å². The summed E-state index contributed by atoms with van der Waals surface area (Å²) in [6, 6.07) is 7.24. The Balaban J connectivity index is 0.000000461. The Morgan fingerprint density at radius 3 is 2.79 bits per heavy atom. The molecule has 4 nitrogen and oxygen atoms in total. The van der Waals surface area contributed by atoms with Gasteiger partial charge in [-0.05, 0) is 18.2 Å². The smallest absolute Gasteiger partial charge is 0.198 e. The first-order chi connectivity index (χ1) is 6.79. The van der Waals surface area contributed by atoms with Crippen LogP contribution in [0.2, 0.25) is 0 Å². The van der Waals surface area contributed by atoms with E-state index in [0.29, 0.717) is 11.5 Å². The van der Waals surface area contributed by atoms with Crippen LogP contribution in [0.1, 0.15) is 19.4 Å². The molecule has 0 fully saturated rings. The summed E-state index contributed by atoms with van der Waals surface area (Å²) in [6.45, 7) is 4.00. The minimum absolute atomic E-state index is 0.375. The number of nitrogen functional groups attached to an aromatic ring is 1. The number of fused-ring (bicyclic) bond motifs is 1. The number of nitrogens with one attached hydrogen (secondary N) is 1. The van der Waals surface area contributed by atoms with Crippen molar-refractivity contribution < 1.29 is 0 Å². The fraction of sp³-hybridized carbons (Fsp3) is 0.200. The van der Waals surface area contributed by atoms with Crippen LogP contribution >= 0.6 is 0 Å². The molecule has 1 heterocycles. The summed E-state index contributed by atoms with van der Waals surface area (Å²) in [7, 11) is 0. The molecule has 0 unspecified atom stereocenters. The number of nitrogens with two attached hydrogens (primary N) is 1. The number of hydrogen-bond donors (Lipinski definition) is 2. The predicted octanol–water partition coefficient (Wildman–Crippen LogP) is 2.04. The molecule has 1 aromatic carbocycles. The number of aromatic nitrogens is 2. The van der Waals surface area contributed by atoms with Crippen LogP contribution in [0.3, 0.4) is 0 Å². The van der Waals surface area contributed by atoms with Gasteiger partial charge in [-0.25, -0.2) is 4.98 Å². The molecule has 0 aliphatic heterocycles. The van der Waals surface area contributed by atoms with E-state index in [-0.39, 0.29) is 0 Å². The molecule has 0 radical (unpaired) electrons. The molecule has 72 valence electrons. The number of benzene rings is 1. The van der Waals surface area contributed by atoms with Gasteiger partial charge < -0.3 is 10.7 Å². The molecule has 0 aliphatic rings. The predicted molar refractivity (Wildman–Crippen MR) is 56.6 cm³/mol. The van der Waals surface area contributed by atoms with Gasteiger partial charge in [0.1, 0.15) is 0 Å². The summed E-state index contributed by atoms with van der Waals surface area (Å²) in [4.78, 5) is 6.85. The molecular weight excluding hydrogens is 176 g/mol. The lowest BCUT2D eigenvalue weighted by Gasteiger charge is -1.86. The molecule has 3 N–H and O–H groups in total. The molecule has 2 aromatic rings. The Bertz CT molecular complexity index is 464. The van der Waals surface area contributed by atoms with Gasteiger partial charge >= 0.3 is 0 Å². The van der Waals surface area contributed by atoms with Gasteiger partial charge in [0, 0.05) is 0 Å². The maximum Gasteiger partial charge on any atom is 0.198 e. The van der Waals surface area contributed by atoms with Gasteiger partial charge in [-0.1, -0.05) is 13.8 Å². The van der Waals surface area contributed by atoms with Crippen molar-refractivity contribution in [2.45, 2.75) is 13.8 Å². The molecule has 0 saturated carbocycles.